The highest BCUT2D eigenvalue weighted by Crippen LogP contribution is 2.50. The molecule has 0 saturated carbocycles. The summed E-state index contributed by atoms with van der Waals surface area (Å²) in [6.45, 7) is 3.83. The lowest BCUT2D eigenvalue weighted by Crippen LogP contribution is -2.11. The molecule has 0 unspecified atom stereocenters. The van der Waals surface area contributed by atoms with Crippen LogP contribution < -0.4 is 0 Å². The minimum Gasteiger partial charge on any atom is -0.507 e. The third-order valence-corrected chi connectivity index (χ3v) is 4.91. The smallest absolute Gasteiger partial charge is 0.419 e. The van der Waals surface area contributed by atoms with Gasteiger partial charge in [0.2, 0.25) is 0 Å². The van der Waals surface area contributed by atoms with Gasteiger partial charge in [-0.2, -0.15) is 13.2 Å². The Morgan fingerprint density at radius 1 is 0.920 bits per heavy atom. The molecule has 0 amide bonds. The summed E-state index contributed by atoms with van der Waals surface area (Å²) in [5, 5.41) is 9.49. The van der Waals surface area contributed by atoms with Crippen LogP contribution in [0.3, 0.4) is 0 Å². The maximum Gasteiger partial charge on any atom is 0.419 e. The summed E-state index contributed by atoms with van der Waals surface area (Å²) in [6.07, 6.45) is -5.61. The molecule has 25 heavy (non-hydrogen) atoms. The highest BCUT2D eigenvalue weighted by atomic mass is 19.4. The van der Waals surface area contributed by atoms with Gasteiger partial charge in [0.25, 0.3) is 0 Å². The van der Waals surface area contributed by atoms with E-state index in [2.05, 4.69) is 0 Å². The summed E-state index contributed by atoms with van der Waals surface area (Å²) >= 11 is 0. The number of phenols is 1. The molecule has 3 rings (SSSR count). The van der Waals surface area contributed by atoms with E-state index < -0.39 is 29.7 Å². The van der Waals surface area contributed by atoms with E-state index in [-0.39, 0.29) is 17.7 Å². The van der Waals surface area contributed by atoms with Crippen molar-refractivity contribution >= 4 is 0 Å². The number of hydrogen-bond acceptors (Lipinski definition) is 2. The van der Waals surface area contributed by atoms with Gasteiger partial charge in [-0.1, -0.05) is 32.0 Å². The Bertz CT molecular complexity index is 772. The number of phenolic OH excluding ortho intramolecular Hbond substituents is 1. The van der Waals surface area contributed by atoms with Gasteiger partial charge in [-0.05, 0) is 47.2 Å². The van der Waals surface area contributed by atoms with Gasteiger partial charge >= 0.3 is 6.18 Å². The maximum atomic E-state index is 13.5. The van der Waals surface area contributed by atoms with Crippen molar-refractivity contribution in [3.63, 3.8) is 0 Å². The third-order valence-electron chi connectivity index (χ3n) is 4.91. The molecule has 2 nitrogen and oxygen atoms in total. The number of alkyl halides is 3. The van der Waals surface area contributed by atoms with E-state index in [9.17, 15) is 22.7 Å². The Morgan fingerprint density at radius 3 is 2.08 bits per heavy atom. The molecule has 1 N–H and O–H groups in total. The van der Waals surface area contributed by atoms with Crippen LogP contribution in [0, 0.1) is 17.7 Å². The van der Waals surface area contributed by atoms with E-state index >= 15 is 0 Å². The van der Waals surface area contributed by atoms with Crippen LogP contribution in [-0.2, 0) is 10.9 Å². The third kappa shape index (κ3) is 3.35. The SMILES string of the molecule is C[C@@H]1[C@@H](C)[C@H](c2cccc(F)c2)O[C@@H]1c1ccc(O)c(C(F)(F)F)c1. The molecule has 0 spiro atoms. The lowest BCUT2D eigenvalue weighted by atomic mass is 9.85. The number of halogens is 4. The Kier molecular flexibility index (Phi) is 4.49. The average Bonchev–Trinajstić information content (AvgIpc) is 2.83. The summed E-state index contributed by atoms with van der Waals surface area (Å²) in [5.41, 5.74) is -0.0669. The largest absolute Gasteiger partial charge is 0.507 e. The van der Waals surface area contributed by atoms with E-state index in [1.165, 1.54) is 18.2 Å². The van der Waals surface area contributed by atoms with E-state index in [0.717, 1.165) is 12.1 Å². The van der Waals surface area contributed by atoms with Crippen LogP contribution in [0.5, 0.6) is 5.75 Å². The van der Waals surface area contributed by atoms with Crippen LogP contribution in [0.25, 0.3) is 0 Å². The second-order valence-corrected chi connectivity index (χ2v) is 6.52. The molecular formula is C19H18F4O2. The van der Waals surface area contributed by atoms with Crippen molar-refractivity contribution in [3.8, 4) is 5.75 Å². The van der Waals surface area contributed by atoms with E-state index in [1.807, 2.05) is 13.8 Å². The van der Waals surface area contributed by atoms with E-state index in [4.69, 9.17) is 4.74 Å². The highest BCUT2D eigenvalue weighted by Gasteiger charge is 2.42. The molecule has 0 aliphatic carbocycles. The van der Waals surface area contributed by atoms with Crippen LogP contribution in [-0.4, -0.2) is 5.11 Å². The number of ether oxygens (including phenoxy) is 1. The van der Waals surface area contributed by atoms with Crippen molar-refractivity contribution in [1.29, 1.82) is 0 Å². The van der Waals surface area contributed by atoms with Crippen molar-refractivity contribution in [3.05, 3.63) is 65.0 Å². The molecule has 6 heteroatoms. The van der Waals surface area contributed by atoms with E-state index in [0.29, 0.717) is 11.1 Å². The zero-order valence-electron chi connectivity index (χ0n) is 13.7. The van der Waals surface area contributed by atoms with Gasteiger partial charge in [-0.25, -0.2) is 4.39 Å². The fourth-order valence-corrected chi connectivity index (χ4v) is 3.36. The van der Waals surface area contributed by atoms with Crippen molar-refractivity contribution in [1.82, 2.24) is 0 Å². The number of hydrogen-bond donors (Lipinski definition) is 1. The van der Waals surface area contributed by atoms with Gasteiger partial charge in [-0.15, -0.1) is 0 Å². The fraction of sp³-hybridized carbons (Fsp3) is 0.368. The Hall–Kier alpha value is -2.08. The van der Waals surface area contributed by atoms with Crippen molar-refractivity contribution in [2.45, 2.75) is 32.2 Å². The molecular weight excluding hydrogens is 336 g/mol. The summed E-state index contributed by atoms with van der Waals surface area (Å²) < 4.78 is 58.6. The number of benzene rings is 2. The zero-order valence-corrected chi connectivity index (χ0v) is 13.7. The minimum atomic E-state index is -4.64. The summed E-state index contributed by atoms with van der Waals surface area (Å²) in [7, 11) is 0. The van der Waals surface area contributed by atoms with Gasteiger partial charge in [0.05, 0.1) is 17.8 Å². The fourth-order valence-electron chi connectivity index (χ4n) is 3.36. The Labute approximate surface area is 143 Å². The molecule has 2 aromatic rings. The lowest BCUT2D eigenvalue weighted by molar-refractivity contribution is -0.138. The molecule has 0 bridgehead atoms. The predicted octanol–water partition coefficient (Wildman–Crippen LogP) is 5.63. The van der Waals surface area contributed by atoms with Crippen LogP contribution in [0.1, 0.15) is 42.7 Å². The quantitative estimate of drug-likeness (QED) is 0.708. The second kappa shape index (κ2) is 6.33. The summed E-state index contributed by atoms with van der Waals surface area (Å²) in [5.74, 6) is -1.26. The standard InChI is InChI=1S/C19H18F4O2/c1-10-11(2)18(25-17(10)12-4-3-5-14(20)8-12)13-6-7-16(24)15(9-13)19(21,22)23/h3-11,17-18,24H,1-2H3/t10-,11-,17-,18+/m1/s1. The summed E-state index contributed by atoms with van der Waals surface area (Å²) in [6, 6.07) is 9.45. The first kappa shape index (κ1) is 17.7. The lowest BCUT2D eigenvalue weighted by Gasteiger charge is -2.18. The maximum absolute atomic E-state index is 13.5. The molecule has 0 radical (unpaired) electrons. The zero-order chi connectivity index (χ0) is 18.4. The molecule has 1 fully saturated rings. The van der Waals surface area contributed by atoms with Crippen molar-refractivity contribution in [2.24, 2.45) is 11.8 Å². The van der Waals surface area contributed by atoms with Gasteiger partial charge in [-0.3, -0.25) is 0 Å². The van der Waals surface area contributed by atoms with Crippen molar-refractivity contribution in [2.75, 3.05) is 0 Å². The first-order chi connectivity index (χ1) is 11.7. The normalized spacial score (nSPS) is 26.8. The van der Waals surface area contributed by atoms with Gasteiger partial charge < -0.3 is 9.84 Å². The molecule has 1 aliphatic heterocycles. The first-order valence-electron chi connectivity index (χ1n) is 7.99. The van der Waals surface area contributed by atoms with Gasteiger partial charge in [0.1, 0.15) is 11.6 Å². The summed E-state index contributed by atoms with van der Waals surface area (Å²) in [4.78, 5) is 0. The second-order valence-electron chi connectivity index (χ2n) is 6.52. The average molecular weight is 354 g/mol. The molecule has 1 aliphatic rings. The molecule has 2 aromatic carbocycles. The van der Waals surface area contributed by atoms with Crippen LogP contribution >= 0.6 is 0 Å². The number of rotatable bonds is 2. The highest BCUT2D eigenvalue weighted by molar-refractivity contribution is 5.39. The Balaban J connectivity index is 1.94. The van der Waals surface area contributed by atoms with Gasteiger partial charge in [0.15, 0.2) is 0 Å². The van der Waals surface area contributed by atoms with Crippen molar-refractivity contribution < 1.29 is 27.4 Å². The molecule has 1 heterocycles. The van der Waals surface area contributed by atoms with E-state index in [1.54, 1.807) is 12.1 Å². The minimum absolute atomic E-state index is 0.00469. The van der Waals surface area contributed by atoms with Crippen LogP contribution in [0.15, 0.2) is 42.5 Å². The molecule has 0 aromatic heterocycles. The monoisotopic (exact) mass is 354 g/mol. The van der Waals surface area contributed by atoms with Crippen LogP contribution in [0.2, 0.25) is 0 Å². The molecule has 4 atom stereocenters. The Morgan fingerprint density at radius 2 is 1.52 bits per heavy atom. The molecule has 1 saturated heterocycles. The predicted molar refractivity (Wildman–Crippen MR) is 84.4 cm³/mol. The number of aromatic hydroxyl groups is 1. The topological polar surface area (TPSA) is 29.5 Å². The first-order valence-corrected chi connectivity index (χ1v) is 7.99. The molecule has 134 valence electrons. The van der Waals surface area contributed by atoms with Crippen LogP contribution in [0.4, 0.5) is 17.6 Å². The van der Waals surface area contributed by atoms with Gasteiger partial charge in [0, 0.05) is 0 Å².